The number of hydrogen-bond donors (Lipinski definition) is 0. The molecular formula is C13H18NO3-. The largest absolute Gasteiger partial charge is 0.545 e. The van der Waals surface area contributed by atoms with E-state index in [4.69, 9.17) is 4.74 Å². The first kappa shape index (κ1) is 13.5. The van der Waals surface area contributed by atoms with Gasteiger partial charge in [0.25, 0.3) is 0 Å². The van der Waals surface area contributed by atoms with E-state index in [1.54, 1.807) is 12.1 Å². The molecule has 1 unspecified atom stereocenters. The molecule has 94 valence electrons. The first-order chi connectivity index (χ1) is 7.97. The molecule has 0 saturated carbocycles. The number of benzene rings is 1. The number of carboxylic acids is 1. The number of aromatic carboxylic acids is 1. The molecule has 0 aromatic heterocycles. The predicted molar refractivity (Wildman–Crippen MR) is 64.0 cm³/mol. The average molecular weight is 236 g/mol. The van der Waals surface area contributed by atoms with Crippen LogP contribution in [-0.4, -0.2) is 31.6 Å². The summed E-state index contributed by atoms with van der Waals surface area (Å²) in [4.78, 5) is 13.0. The Balaban J connectivity index is 3.20. The molecular weight excluding hydrogens is 218 g/mol. The molecule has 0 amide bonds. The van der Waals surface area contributed by atoms with Crippen LogP contribution in [0.1, 0.15) is 35.8 Å². The third-order valence-electron chi connectivity index (χ3n) is 2.78. The van der Waals surface area contributed by atoms with Gasteiger partial charge in [-0.3, -0.25) is 0 Å². The number of rotatable bonds is 5. The van der Waals surface area contributed by atoms with E-state index in [0.717, 1.165) is 0 Å². The molecule has 1 rings (SSSR count). The lowest BCUT2D eigenvalue weighted by atomic mass is 10.0. The second-order valence-electron chi connectivity index (χ2n) is 4.11. The van der Waals surface area contributed by atoms with E-state index < -0.39 is 5.97 Å². The molecule has 4 nitrogen and oxygen atoms in total. The monoisotopic (exact) mass is 236 g/mol. The van der Waals surface area contributed by atoms with Gasteiger partial charge in [0, 0.05) is 11.6 Å². The molecule has 0 aliphatic rings. The van der Waals surface area contributed by atoms with Crippen LogP contribution in [-0.2, 0) is 0 Å². The highest BCUT2D eigenvalue weighted by Crippen LogP contribution is 2.26. The summed E-state index contributed by atoms with van der Waals surface area (Å²) in [5.74, 6) is -0.474. The molecule has 0 fully saturated rings. The van der Waals surface area contributed by atoms with Crippen molar-refractivity contribution in [1.29, 1.82) is 0 Å². The number of carboxylic acid groups (broad SMARTS) is 1. The van der Waals surface area contributed by atoms with Crippen molar-refractivity contribution in [3.05, 3.63) is 29.3 Å². The summed E-state index contributed by atoms with van der Waals surface area (Å²) in [7, 11) is 3.80. The molecule has 1 aromatic carbocycles. The summed E-state index contributed by atoms with van der Waals surface area (Å²) in [6.07, 6.45) is 0. The van der Waals surface area contributed by atoms with Gasteiger partial charge in [-0.1, -0.05) is 0 Å². The number of hydrogen-bond acceptors (Lipinski definition) is 4. The van der Waals surface area contributed by atoms with Gasteiger partial charge in [0.2, 0.25) is 0 Å². The highest BCUT2D eigenvalue weighted by atomic mass is 16.5. The van der Waals surface area contributed by atoms with E-state index in [1.807, 2.05) is 32.8 Å². The zero-order valence-electron chi connectivity index (χ0n) is 10.7. The maximum absolute atomic E-state index is 11.0. The Labute approximate surface area is 102 Å². The fourth-order valence-corrected chi connectivity index (χ4v) is 1.61. The van der Waals surface area contributed by atoms with Crippen molar-refractivity contribution in [1.82, 2.24) is 4.90 Å². The molecule has 1 aromatic rings. The predicted octanol–water partition coefficient (Wildman–Crippen LogP) is 1.07. The van der Waals surface area contributed by atoms with Crippen LogP contribution in [0, 0.1) is 0 Å². The van der Waals surface area contributed by atoms with Crippen molar-refractivity contribution in [2.24, 2.45) is 0 Å². The second-order valence-corrected chi connectivity index (χ2v) is 4.11. The van der Waals surface area contributed by atoms with Crippen LogP contribution in [0.25, 0.3) is 0 Å². The zero-order chi connectivity index (χ0) is 13.0. The minimum atomic E-state index is -1.16. The van der Waals surface area contributed by atoms with Crippen molar-refractivity contribution in [3.63, 3.8) is 0 Å². The van der Waals surface area contributed by atoms with E-state index in [1.165, 1.54) is 6.07 Å². The SMILES string of the molecule is CCOc1ccc(C(=O)[O-])c(C(C)N(C)C)c1. The van der Waals surface area contributed by atoms with Crippen LogP contribution < -0.4 is 9.84 Å². The minimum absolute atomic E-state index is 0.0108. The van der Waals surface area contributed by atoms with Crippen molar-refractivity contribution in [2.75, 3.05) is 20.7 Å². The molecule has 4 heteroatoms. The Morgan fingerprint density at radius 1 is 1.47 bits per heavy atom. The Kier molecular flexibility index (Phi) is 4.52. The summed E-state index contributed by atoms with van der Waals surface area (Å²) in [6, 6.07) is 4.94. The average Bonchev–Trinajstić information content (AvgIpc) is 2.28. The molecule has 0 bridgehead atoms. The number of nitrogens with zero attached hydrogens (tertiary/aromatic N) is 1. The minimum Gasteiger partial charge on any atom is -0.545 e. The molecule has 17 heavy (non-hydrogen) atoms. The molecule has 0 heterocycles. The number of ether oxygens (including phenoxy) is 1. The van der Waals surface area contributed by atoms with Gasteiger partial charge in [-0.05, 0) is 51.7 Å². The van der Waals surface area contributed by atoms with Gasteiger partial charge in [-0.25, -0.2) is 0 Å². The van der Waals surface area contributed by atoms with Crippen LogP contribution in [0.3, 0.4) is 0 Å². The van der Waals surface area contributed by atoms with Crippen molar-refractivity contribution >= 4 is 5.97 Å². The van der Waals surface area contributed by atoms with Crippen LogP contribution in [0.5, 0.6) is 5.75 Å². The van der Waals surface area contributed by atoms with Gasteiger partial charge >= 0.3 is 0 Å². The fourth-order valence-electron chi connectivity index (χ4n) is 1.61. The Morgan fingerprint density at radius 3 is 2.59 bits per heavy atom. The van der Waals surface area contributed by atoms with Crippen molar-refractivity contribution in [3.8, 4) is 5.75 Å². The molecule has 0 spiro atoms. The van der Waals surface area contributed by atoms with Gasteiger partial charge in [-0.15, -0.1) is 0 Å². The molecule has 0 aliphatic heterocycles. The smallest absolute Gasteiger partial charge is 0.119 e. The van der Waals surface area contributed by atoms with E-state index in [2.05, 4.69) is 0 Å². The number of carbonyl (C=O) groups excluding carboxylic acids is 1. The standard InChI is InChI=1S/C13H19NO3/c1-5-17-10-6-7-11(13(15)16)12(8-10)9(2)14(3)4/h6-9H,5H2,1-4H3,(H,15,16)/p-1. The van der Waals surface area contributed by atoms with Crippen molar-refractivity contribution < 1.29 is 14.6 Å². The van der Waals surface area contributed by atoms with E-state index in [-0.39, 0.29) is 11.6 Å². The Bertz CT molecular complexity index is 402. The lowest BCUT2D eigenvalue weighted by molar-refractivity contribution is -0.255. The first-order valence-electron chi connectivity index (χ1n) is 5.61. The Hall–Kier alpha value is -1.55. The Morgan fingerprint density at radius 2 is 2.12 bits per heavy atom. The second kappa shape index (κ2) is 5.68. The molecule has 0 N–H and O–H groups in total. The molecule has 0 radical (unpaired) electrons. The van der Waals surface area contributed by atoms with Gasteiger partial charge < -0.3 is 19.5 Å². The normalized spacial score (nSPS) is 12.5. The molecule has 1 atom stereocenters. The van der Waals surface area contributed by atoms with Crippen LogP contribution in [0.4, 0.5) is 0 Å². The van der Waals surface area contributed by atoms with Crippen LogP contribution in [0.2, 0.25) is 0 Å². The summed E-state index contributed by atoms with van der Waals surface area (Å²) in [5.41, 5.74) is 0.926. The molecule has 0 aliphatic carbocycles. The summed E-state index contributed by atoms with van der Waals surface area (Å²) in [6.45, 7) is 4.39. The third kappa shape index (κ3) is 3.20. The maximum Gasteiger partial charge on any atom is 0.119 e. The van der Waals surface area contributed by atoms with Crippen LogP contribution in [0.15, 0.2) is 18.2 Å². The van der Waals surface area contributed by atoms with Gasteiger partial charge in [-0.2, -0.15) is 0 Å². The third-order valence-corrected chi connectivity index (χ3v) is 2.78. The highest BCUT2D eigenvalue weighted by molar-refractivity contribution is 5.88. The topological polar surface area (TPSA) is 52.6 Å². The van der Waals surface area contributed by atoms with Crippen LogP contribution >= 0.6 is 0 Å². The lowest BCUT2D eigenvalue weighted by Gasteiger charge is -2.24. The van der Waals surface area contributed by atoms with Gasteiger partial charge in [0.05, 0.1) is 12.6 Å². The highest BCUT2D eigenvalue weighted by Gasteiger charge is 2.14. The van der Waals surface area contributed by atoms with Gasteiger partial charge in [0.15, 0.2) is 0 Å². The van der Waals surface area contributed by atoms with Crippen molar-refractivity contribution in [2.45, 2.75) is 19.9 Å². The summed E-state index contributed by atoms with van der Waals surface area (Å²) in [5, 5.41) is 11.0. The van der Waals surface area contributed by atoms with Gasteiger partial charge in [0.1, 0.15) is 5.75 Å². The quantitative estimate of drug-likeness (QED) is 0.767. The van der Waals surface area contributed by atoms with E-state index in [0.29, 0.717) is 17.9 Å². The maximum atomic E-state index is 11.0. The lowest BCUT2D eigenvalue weighted by Crippen LogP contribution is -2.27. The number of carbonyl (C=O) groups is 1. The fraction of sp³-hybridized carbons (Fsp3) is 0.462. The molecule has 0 saturated heterocycles. The van der Waals surface area contributed by atoms with E-state index >= 15 is 0 Å². The first-order valence-corrected chi connectivity index (χ1v) is 5.61. The van der Waals surface area contributed by atoms with E-state index in [9.17, 15) is 9.90 Å². The summed E-state index contributed by atoms with van der Waals surface area (Å²) < 4.78 is 5.38. The summed E-state index contributed by atoms with van der Waals surface area (Å²) >= 11 is 0. The zero-order valence-corrected chi connectivity index (χ0v) is 10.7.